The van der Waals surface area contributed by atoms with Crippen LogP contribution in [-0.4, -0.2) is 35.4 Å². The van der Waals surface area contributed by atoms with Gasteiger partial charge in [0.1, 0.15) is 6.17 Å². The minimum Gasteiger partial charge on any atom is -0.321 e. The highest BCUT2D eigenvalue weighted by molar-refractivity contribution is 7.98. The third-order valence-electron chi connectivity index (χ3n) is 3.61. The van der Waals surface area contributed by atoms with Crippen molar-refractivity contribution >= 4 is 17.7 Å². The Bertz CT molecular complexity index is 435. The summed E-state index contributed by atoms with van der Waals surface area (Å²) in [6.45, 7) is 5.13. The van der Waals surface area contributed by atoms with Gasteiger partial charge in [-0.2, -0.15) is 11.8 Å². The molecule has 20 heavy (non-hydrogen) atoms. The number of thioether (sulfide) groups is 1. The SMILES string of the molecule is CSCCN1C(=O)C(CC(C)C)NC1c1ccccc1. The summed E-state index contributed by atoms with van der Waals surface area (Å²) in [7, 11) is 0. The minimum absolute atomic E-state index is 0.0274. The van der Waals surface area contributed by atoms with Crippen LogP contribution >= 0.6 is 11.8 Å². The normalized spacial score (nSPS) is 22.8. The Hall–Kier alpha value is -1.00. The predicted molar refractivity (Wildman–Crippen MR) is 85.7 cm³/mol. The number of nitrogens with zero attached hydrogens (tertiary/aromatic N) is 1. The van der Waals surface area contributed by atoms with Crippen molar-refractivity contribution in [1.29, 1.82) is 0 Å². The first kappa shape index (κ1) is 15.4. The maximum absolute atomic E-state index is 12.6. The highest BCUT2D eigenvalue weighted by Crippen LogP contribution is 2.27. The minimum atomic E-state index is -0.0398. The summed E-state index contributed by atoms with van der Waals surface area (Å²) >= 11 is 1.78. The number of amides is 1. The van der Waals surface area contributed by atoms with Gasteiger partial charge in [0.2, 0.25) is 5.91 Å². The fraction of sp³-hybridized carbons (Fsp3) is 0.562. The van der Waals surface area contributed by atoms with E-state index < -0.39 is 0 Å². The lowest BCUT2D eigenvalue weighted by Gasteiger charge is -2.24. The van der Waals surface area contributed by atoms with E-state index in [1.165, 1.54) is 5.56 Å². The number of hydrogen-bond donors (Lipinski definition) is 1. The Morgan fingerprint density at radius 1 is 1.30 bits per heavy atom. The molecule has 1 aromatic rings. The monoisotopic (exact) mass is 292 g/mol. The van der Waals surface area contributed by atoms with Gasteiger partial charge >= 0.3 is 0 Å². The Morgan fingerprint density at radius 3 is 2.60 bits per heavy atom. The van der Waals surface area contributed by atoms with Gasteiger partial charge in [-0.15, -0.1) is 0 Å². The van der Waals surface area contributed by atoms with Crippen LogP contribution in [0, 0.1) is 5.92 Å². The molecule has 0 aliphatic carbocycles. The van der Waals surface area contributed by atoms with Crippen molar-refractivity contribution in [3.05, 3.63) is 35.9 Å². The van der Waals surface area contributed by atoms with E-state index in [9.17, 15) is 4.79 Å². The lowest BCUT2D eigenvalue weighted by atomic mass is 10.0. The number of carbonyl (C=O) groups excluding carboxylic acids is 1. The zero-order valence-corrected chi connectivity index (χ0v) is 13.3. The van der Waals surface area contributed by atoms with Crippen LogP contribution in [-0.2, 0) is 4.79 Å². The van der Waals surface area contributed by atoms with Gasteiger partial charge < -0.3 is 4.90 Å². The summed E-state index contributed by atoms with van der Waals surface area (Å²) in [5.41, 5.74) is 1.17. The molecule has 110 valence electrons. The van der Waals surface area contributed by atoms with Crippen LogP contribution in [0.15, 0.2) is 30.3 Å². The van der Waals surface area contributed by atoms with Crippen LogP contribution in [0.3, 0.4) is 0 Å². The fourth-order valence-electron chi connectivity index (χ4n) is 2.66. The first-order valence-corrected chi connectivity index (χ1v) is 8.63. The van der Waals surface area contributed by atoms with Crippen LogP contribution in [0.25, 0.3) is 0 Å². The molecule has 0 radical (unpaired) electrons. The quantitative estimate of drug-likeness (QED) is 0.875. The van der Waals surface area contributed by atoms with Crippen LogP contribution in [0.1, 0.15) is 32.0 Å². The average molecular weight is 292 g/mol. The van der Waals surface area contributed by atoms with Crippen molar-refractivity contribution in [1.82, 2.24) is 10.2 Å². The molecule has 0 spiro atoms. The number of nitrogens with one attached hydrogen (secondary N) is 1. The van der Waals surface area contributed by atoms with Gasteiger partial charge in [-0.3, -0.25) is 10.1 Å². The Balaban J connectivity index is 2.17. The maximum atomic E-state index is 12.6. The first-order chi connectivity index (χ1) is 9.63. The van der Waals surface area contributed by atoms with E-state index in [4.69, 9.17) is 0 Å². The Morgan fingerprint density at radius 2 is 2.00 bits per heavy atom. The van der Waals surface area contributed by atoms with E-state index in [0.717, 1.165) is 18.7 Å². The van der Waals surface area contributed by atoms with Crippen molar-refractivity contribution in [3.63, 3.8) is 0 Å². The van der Waals surface area contributed by atoms with Crippen molar-refractivity contribution < 1.29 is 4.79 Å². The molecular weight excluding hydrogens is 268 g/mol. The molecule has 0 bridgehead atoms. The van der Waals surface area contributed by atoms with Crippen molar-refractivity contribution in [2.75, 3.05) is 18.6 Å². The molecule has 1 amide bonds. The number of carbonyl (C=O) groups is 1. The molecule has 1 saturated heterocycles. The Labute approximate surface area is 126 Å². The van der Waals surface area contributed by atoms with E-state index in [0.29, 0.717) is 5.92 Å². The van der Waals surface area contributed by atoms with Crippen LogP contribution in [0.2, 0.25) is 0 Å². The van der Waals surface area contributed by atoms with Crippen LogP contribution in [0.5, 0.6) is 0 Å². The van der Waals surface area contributed by atoms with E-state index in [2.05, 4.69) is 37.6 Å². The molecular formula is C16H24N2OS. The Kier molecular flexibility index (Phi) is 5.49. The first-order valence-electron chi connectivity index (χ1n) is 7.24. The van der Waals surface area contributed by atoms with E-state index in [-0.39, 0.29) is 18.1 Å². The third kappa shape index (κ3) is 3.55. The second-order valence-electron chi connectivity index (χ2n) is 5.69. The summed E-state index contributed by atoms with van der Waals surface area (Å²) in [5.74, 6) is 1.75. The number of benzene rings is 1. The molecule has 1 N–H and O–H groups in total. The van der Waals surface area contributed by atoms with Crippen molar-refractivity contribution in [3.8, 4) is 0 Å². The molecule has 0 aromatic heterocycles. The molecule has 3 nitrogen and oxygen atoms in total. The second kappa shape index (κ2) is 7.14. The summed E-state index contributed by atoms with van der Waals surface area (Å²) in [6, 6.07) is 10.2. The molecule has 1 aliphatic heterocycles. The van der Waals surface area contributed by atoms with Crippen molar-refractivity contribution in [2.24, 2.45) is 5.92 Å². The number of hydrogen-bond acceptors (Lipinski definition) is 3. The molecule has 2 atom stereocenters. The number of rotatable bonds is 6. The van der Waals surface area contributed by atoms with Gasteiger partial charge in [0.15, 0.2) is 0 Å². The lowest BCUT2D eigenvalue weighted by Crippen LogP contribution is -2.33. The molecule has 1 fully saturated rings. The zero-order chi connectivity index (χ0) is 14.5. The van der Waals surface area contributed by atoms with Gasteiger partial charge in [0.25, 0.3) is 0 Å². The largest absolute Gasteiger partial charge is 0.321 e. The summed E-state index contributed by atoms with van der Waals surface area (Å²) in [4.78, 5) is 14.6. The molecule has 0 saturated carbocycles. The van der Waals surface area contributed by atoms with Gasteiger partial charge in [-0.25, -0.2) is 0 Å². The van der Waals surface area contributed by atoms with Gasteiger partial charge in [-0.05, 0) is 24.2 Å². The molecule has 2 rings (SSSR count). The molecule has 1 aliphatic rings. The van der Waals surface area contributed by atoms with Gasteiger partial charge in [0.05, 0.1) is 6.04 Å². The van der Waals surface area contributed by atoms with E-state index in [1.54, 1.807) is 11.8 Å². The highest BCUT2D eigenvalue weighted by atomic mass is 32.2. The zero-order valence-electron chi connectivity index (χ0n) is 12.5. The van der Waals surface area contributed by atoms with Crippen LogP contribution in [0.4, 0.5) is 0 Å². The van der Waals surface area contributed by atoms with E-state index >= 15 is 0 Å². The third-order valence-corrected chi connectivity index (χ3v) is 4.20. The summed E-state index contributed by atoms with van der Waals surface area (Å²) in [5, 5.41) is 3.51. The van der Waals surface area contributed by atoms with Gasteiger partial charge in [-0.1, -0.05) is 44.2 Å². The predicted octanol–water partition coefficient (Wildman–Crippen LogP) is 2.89. The average Bonchev–Trinajstić information content (AvgIpc) is 2.74. The van der Waals surface area contributed by atoms with E-state index in [1.807, 2.05) is 23.1 Å². The maximum Gasteiger partial charge on any atom is 0.241 e. The summed E-state index contributed by atoms with van der Waals surface area (Å²) in [6.07, 6.45) is 3.01. The van der Waals surface area contributed by atoms with Crippen LogP contribution < -0.4 is 5.32 Å². The molecule has 4 heteroatoms. The smallest absolute Gasteiger partial charge is 0.241 e. The highest BCUT2D eigenvalue weighted by Gasteiger charge is 2.39. The second-order valence-corrected chi connectivity index (χ2v) is 6.67. The topological polar surface area (TPSA) is 32.3 Å². The summed E-state index contributed by atoms with van der Waals surface area (Å²) < 4.78 is 0. The molecule has 2 unspecified atom stereocenters. The lowest BCUT2D eigenvalue weighted by molar-refractivity contribution is -0.130. The standard InChI is InChI=1S/C16H24N2OS/c1-12(2)11-14-16(19)18(9-10-20-3)15(17-14)13-7-5-4-6-8-13/h4-8,12,14-15,17H,9-11H2,1-3H3. The molecule has 1 aromatic carbocycles. The molecule has 1 heterocycles. The van der Waals surface area contributed by atoms with Crippen molar-refractivity contribution in [2.45, 2.75) is 32.5 Å². The fourth-order valence-corrected chi connectivity index (χ4v) is 3.04. The van der Waals surface area contributed by atoms with Gasteiger partial charge in [0, 0.05) is 12.3 Å².